The first-order chi connectivity index (χ1) is 18.9. The topological polar surface area (TPSA) is 84.3 Å². The summed E-state index contributed by atoms with van der Waals surface area (Å²) < 4.78 is 17.5. The van der Waals surface area contributed by atoms with Gasteiger partial charge in [-0.3, -0.25) is 14.5 Å². The molecule has 39 heavy (non-hydrogen) atoms. The Hall–Kier alpha value is -3.11. The zero-order chi connectivity index (χ0) is 26.9. The Morgan fingerprint density at radius 2 is 1.82 bits per heavy atom. The predicted octanol–water partition coefficient (Wildman–Crippen LogP) is 4.25. The molecule has 2 atom stereocenters. The number of nitrogens with zero attached hydrogens (tertiary/aromatic N) is 2. The molecule has 2 fully saturated rings. The molecule has 3 aliphatic rings. The maximum absolute atomic E-state index is 12.8. The van der Waals surface area contributed by atoms with Gasteiger partial charge in [-0.25, -0.2) is 0 Å². The lowest BCUT2D eigenvalue weighted by molar-refractivity contribution is -0.121. The van der Waals surface area contributed by atoms with Crippen LogP contribution in [0.2, 0.25) is 0 Å². The molecule has 1 N–H and O–H groups in total. The molecule has 0 aliphatic carbocycles. The number of carbonyl (C=O) groups is 1. The number of fused-ring (bicyclic) bond motifs is 2. The third-order valence-electron chi connectivity index (χ3n) is 7.24. The number of ether oxygens (including phenoxy) is 2. The summed E-state index contributed by atoms with van der Waals surface area (Å²) in [5.41, 5.74) is 3.99. The first kappa shape index (κ1) is 26.1. The Morgan fingerprint density at radius 1 is 1.03 bits per heavy atom. The second kappa shape index (κ2) is 11.2. The van der Waals surface area contributed by atoms with Gasteiger partial charge in [0.1, 0.15) is 5.76 Å². The highest BCUT2D eigenvalue weighted by Crippen LogP contribution is 2.45. The van der Waals surface area contributed by atoms with Crippen LogP contribution in [0.25, 0.3) is 11.3 Å². The summed E-state index contributed by atoms with van der Waals surface area (Å²) in [4.78, 5) is 31.8. The number of amides is 1. The average molecular weight is 548 g/mol. The molecule has 0 bridgehead atoms. The van der Waals surface area contributed by atoms with E-state index in [1.165, 1.54) is 11.1 Å². The molecular formula is C30H33N3O5S. The van der Waals surface area contributed by atoms with E-state index in [1.54, 1.807) is 23.9 Å². The van der Waals surface area contributed by atoms with E-state index in [0.717, 1.165) is 40.6 Å². The number of benzene rings is 2. The lowest BCUT2D eigenvalue weighted by Gasteiger charge is -2.34. The van der Waals surface area contributed by atoms with Gasteiger partial charge < -0.3 is 24.1 Å². The Bertz CT molecular complexity index is 1420. The molecule has 0 saturated carbocycles. The highest BCUT2D eigenvalue weighted by Gasteiger charge is 2.25. The first-order valence-electron chi connectivity index (χ1n) is 13.5. The van der Waals surface area contributed by atoms with E-state index in [0.29, 0.717) is 44.5 Å². The average Bonchev–Trinajstić information content (AvgIpc) is 2.91. The first-order valence-corrected chi connectivity index (χ1v) is 14.3. The Labute approximate surface area is 232 Å². The van der Waals surface area contributed by atoms with Crippen LogP contribution >= 0.6 is 11.8 Å². The van der Waals surface area contributed by atoms with Crippen LogP contribution in [0.3, 0.4) is 0 Å². The second-order valence-electron chi connectivity index (χ2n) is 10.5. The fraction of sp³-hybridized carbons (Fsp3) is 0.400. The van der Waals surface area contributed by atoms with Gasteiger partial charge in [0.2, 0.25) is 5.91 Å². The fourth-order valence-electron chi connectivity index (χ4n) is 5.60. The van der Waals surface area contributed by atoms with Crippen molar-refractivity contribution < 1.29 is 18.7 Å². The number of morpholine rings is 2. The van der Waals surface area contributed by atoms with Crippen molar-refractivity contribution in [2.24, 2.45) is 0 Å². The van der Waals surface area contributed by atoms with Gasteiger partial charge in [0.25, 0.3) is 0 Å². The maximum atomic E-state index is 12.8. The Morgan fingerprint density at radius 3 is 2.62 bits per heavy atom. The van der Waals surface area contributed by atoms with Gasteiger partial charge in [0.05, 0.1) is 32.0 Å². The van der Waals surface area contributed by atoms with Crippen molar-refractivity contribution >= 4 is 29.2 Å². The number of carbonyl (C=O) groups excluding carboxylic acids is 1. The molecule has 2 aromatic carbocycles. The summed E-state index contributed by atoms with van der Waals surface area (Å²) >= 11 is 1.68. The maximum Gasteiger partial charge on any atom is 0.238 e. The van der Waals surface area contributed by atoms with Crippen LogP contribution in [0.1, 0.15) is 25.0 Å². The van der Waals surface area contributed by atoms with E-state index < -0.39 is 0 Å². The monoisotopic (exact) mass is 547 g/mol. The van der Waals surface area contributed by atoms with Crippen molar-refractivity contribution in [3.05, 3.63) is 69.9 Å². The molecule has 8 nitrogen and oxygen atoms in total. The van der Waals surface area contributed by atoms with Gasteiger partial charge in [0.15, 0.2) is 11.3 Å². The number of hydrogen-bond donors (Lipinski definition) is 1. The standard InChI is InChI=1S/C30H33N3O5S/c1-19-16-32(17-20(2)37-19)18-28(35)31-23-6-7-27-22(13-23)12-21-4-3-5-25(30(21)39-27)26-14-24(34)15-29(38-26)33-8-10-36-11-9-33/h3-7,13-15,19-20H,8-12,16-18H2,1-2H3,(H,31,35). The second-order valence-corrected chi connectivity index (χ2v) is 11.5. The Balaban J connectivity index is 1.20. The molecule has 204 valence electrons. The van der Waals surface area contributed by atoms with E-state index in [-0.39, 0.29) is 23.5 Å². The number of hydrogen-bond acceptors (Lipinski definition) is 8. The highest BCUT2D eigenvalue weighted by atomic mass is 32.2. The molecule has 0 spiro atoms. The third kappa shape index (κ3) is 5.91. The molecule has 2 saturated heterocycles. The van der Waals surface area contributed by atoms with Gasteiger partial charge in [0, 0.05) is 59.4 Å². The van der Waals surface area contributed by atoms with Crippen molar-refractivity contribution in [2.45, 2.75) is 42.3 Å². The van der Waals surface area contributed by atoms with Crippen molar-refractivity contribution in [3.8, 4) is 11.3 Å². The van der Waals surface area contributed by atoms with Crippen LogP contribution in [0.15, 0.2) is 67.5 Å². The van der Waals surface area contributed by atoms with E-state index in [2.05, 4.69) is 33.3 Å². The number of nitrogens with one attached hydrogen (secondary N) is 1. The van der Waals surface area contributed by atoms with Crippen LogP contribution in [0, 0.1) is 0 Å². The highest BCUT2D eigenvalue weighted by molar-refractivity contribution is 7.99. The predicted molar refractivity (Wildman–Crippen MR) is 152 cm³/mol. The molecule has 3 aliphatic heterocycles. The minimum Gasteiger partial charge on any atom is -0.440 e. The lowest BCUT2D eigenvalue weighted by atomic mass is 10.00. The summed E-state index contributed by atoms with van der Waals surface area (Å²) in [6.07, 6.45) is 0.991. The van der Waals surface area contributed by atoms with E-state index in [4.69, 9.17) is 13.9 Å². The van der Waals surface area contributed by atoms with Crippen LogP contribution in [0.4, 0.5) is 11.6 Å². The summed E-state index contributed by atoms with van der Waals surface area (Å²) in [5.74, 6) is 1.14. The van der Waals surface area contributed by atoms with Crippen molar-refractivity contribution in [2.75, 3.05) is 56.2 Å². The zero-order valence-corrected chi connectivity index (χ0v) is 23.1. The fourth-order valence-corrected chi connectivity index (χ4v) is 6.77. The van der Waals surface area contributed by atoms with Crippen LogP contribution < -0.4 is 15.6 Å². The van der Waals surface area contributed by atoms with Gasteiger partial charge in [-0.15, -0.1) is 0 Å². The summed E-state index contributed by atoms with van der Waals surface area (Å²) in [6, 6.07) is 15.4. The van der Waals surface area contributed by atoms with E-state index in [9.17, 15) is 9.59 Å². The summed E-state index contributed by atoms with van der Waals surface area (Å²) in [5, 5.41) is 3.08. The smallest absolute Gasteiger partial charge is 0.238 e. The summed E-state index contributed by atoms with van der Waals surface area (Å²) in [6.45, 7) is 8.59. The molecule has 1 aromatic heterocycles. The molecule has 6 rings (SSSR count). The molecule has 3 aromatic rings. The molecule has 9 heteroatoms. The largest absolute Gasteiger partial charge is 0.440 e. The van der Waals surface area contributed by atoms with Crippen LogP contribution in [-0.2, 0) is 20.7 Å². The number of anilines is 2. The minimum absolute atomic E-state index is 0.0161. The summed E-state index contributed by atoms with van der Waals surface area (Å²) in [7, 11) is 0. The zero-order valence-electron chi connectivity index (χ0n) is 22.3. The van der Waals surface area contributed by atoms with Crippen LogP contribution in [0.5, 0.6) is 0 Å². The molecule has 0 radical (unpaired) electrons. The Kier molecular flexibility index (Phi) is 7.49. The van der Waals surface area contributed by atoms with Gasteiger partial charge in [-0.05, 0) is 49.6 Å². The van der Waals surface area contributed by atoms with Crippen molar-refractivity contribution in [3.63, 3.8) is 0 Å². The molecule has 4 heterocycles. The quantitative estimate of drug-likeness (QED) is 0.397. The van der Waals surface area contributed by atoms with Crippen molar-refractivity contribution in [1.82, 2.24) is 4.90 Å². The lowest BCUT2D eigenvalue weighted by Crippen LogP contribution is -2.48. The molecular weight excluding hydrogens is 514 g/mol. The van der Waals surface area contributed by atoms with Gasteiger partial charge in [-0.2, -0.15) is 0 Å². The SMILES string of the molecule is CC1CN(CC(=O)Nc2ccc3c(c2)Cc2cccc(-c4cc(=O)cc(N5CCOCC5)o4)c2S3)CC(C)O1. The van der Waals surface area contributed by atoms with Gasteiger partial charge >= 0.3 is 0 Å². The molecule has 1 amide bonds. The van der Waals surface area contributed by atoms with Crippen molar-refractivity contribution in [1.29, 1.82) is 0 Å². The van der Waals surface area contributed by atoms with Crippen LogP contribution in [-0.4, -0.2) is 69.0 Å². The van der Waals surface area contributed by atoms with E-state index >= 15 is 0 Å². The molecule has 2 unspecified atom stereocenters. The number of rotatable bonds is 5. The van der Waals surface area contributed by atoms with E-state index in [1.807, 2.05) is 32.0 Å². The minimum atomic E-state index is -0.0714. The third-order valence-corrected chi connectivity index (χ3v) is 8.54. The normalized spacial score (nSPS) is 21.2. The van der Waals surface area contributed by atoms with Gasteiger partial charge in [-0.1, -0.05) is 30.0 Å².